The molecule has 0 unspecified atom stereocenters. The highest BCUT2D eigenvalue weighted by atomic mass is 28.4. The third kappa shape index (κ3) is 6.44. The lowest BCUT2D eigenvalue weighted by atomic mass is 10.2. The molecule has 0 spiro atoms. The first-order chi connectivity index (χ1) is 26.2. The predicted octanol–water partition coefficient (Wildman–Crippen LogP) is 8.43. The third-order valence-corrected chi connectivity index (χ3v) is 15.6. The third-order valence-electron chi connectivity index (χ3n) is 9.08. The van der Waals surface area contributed by atoms with Crippen LogP contribution in [0.4, 0.5) is 0 Å². The summed E-state index contributed by atoms with van der Waals surface area (Å²) in [5.74, 6) is 1.96. The van der Waals surface area contributed by atoms with Crippen LogP contribution >= 0.6 is 0 Å². The molecule has 254 valence electrons. The largest absolute Gasteiger partial charge is 1.09 e. The van der Waals surface area contributed by atoms with Gasteiger partial charge in [-0.3, -0.25) is 0 Å². The Morgan fingerprint density at radius 3 is 1.17 bits per heavy atom. The Balaban J connectivity index is 1.21. The van der Waals surface area contributed by atoms with E-state index >= 15 is 0 Å². The first-order valence-corrected chi connectivity index (χ1v) is 20.6. The van der Waals surface area contributed by atoms with Gasteiger partial charge in [0.25, 0.3) is 8.32 Å². The number of hydrogen-bond donors (Lipinski definition) is 0. The van der Waals surface area contributed by atoms with Crippen LogP contribution in [0.15, 0.2) is 197 Å². The van der Waals surface area contributed by atoms with E-state index in [2.05, 4.69) is 72.8 Å². The number of para-hydroxylation sites is 6. The summed E-state index contributed by atoms with van der Waals surface area (Å²) < 4.78 is 34.2. The highest BCUT2D eigenvalue weighted by Crippen LogP contribution is 2.35. The van der Waals surface area contributed by atoms with Crippen LogP contribution < -0.4 is 23.1 Å². The molecular formula is C44H31AlN2O5Si. The second kappa shape index (κ2) is 14.4. The summed E-state index contributed by atoms with van der Waals surface area (Å²) in [6.07, 6.45) is 0. The minimum absolute atomic E-state index is 0.444. The van der Waals surface area contributed by atoms with E-state index in [1.54, 1.807) is 0 Å². The molecule has 0 aliphatic heterocycles. The fourth-order valence-corrected chi connectivity index (χ4v) is 13.6. The molecule has 2 aromatic heterocycles. The summed E-state index contributed by atoms with van der Waals surface area (Å²) in [6, 6.07) is 62.0. The summed E-state index contributed by atoms with van der Waals surface area (Å²) in [7, 11) is -3.31. The van der Waals surface area contributed by atoms with Crippen molar-refractivity contribution in [2.24, 2.45) is 0 Å². The summed E-state index contributed by atoms with van der Waals surface area (Å²) in [6.45, 7) is 0. The molecule has 0 saturated carbocycles. The molecule has 2 heterocycles. The van der Waals surface area contributed by atoms with Gasteiger partial charge in [-0.2, -0.15) is 0 Å². The lowest BCUT2D eigenvalue weighted by molar-refractivity contribution is 0.310. The van der Waals surface area contributed by atoms with Crippen molar-refractivity contribution in [3.63, 3.8) is 0 Å². The van der Waals surface area contributed by atoms with Crippen molar-refractivity contribution in [2.75, 3.05) is 0 Å². The first kappa shape index (κ1) is 32.7. The first-order valence-electron chi connectivity index (χ1n) is 17.3. The Hall–Kier alpha value is -6.21. The van der Waals surface area contributed by atoms with Gasteiger partial charge in [-0.1, -0.05) is 140 Å². The monoisotopic (exact) mass is 722 g/mol. The number of fused-ring (bicyclic) bond motifs is 2. The number of oxazole rings is 2. The molecule has 9 aromatic rings. The van der Waals surface area contributed by atoms with Crippen molar-refractivity contribution in [1.29, 1.82) is 0 Å². The van der Waals surface area contributed by atoms with Crippen LogP contribution in [0.2, 0.25) is 0 Å². The number of nitrogens with zero attached hydrogens (tertiary/aromatic N) is 2. The average molecular weight is 723 g/mol. The van der Waals surface area contributed by atoms with Gasteiger partial charge in [-0.25, -0.2) is 9.97 Å². The molecule has 0 aliphatic carbocycles. The Labute approximate surface area is 312 Å². The van der Waals surface area contributed by atoms with Crippen molar-refractivity contribution in [3.05, 3.63) is 188 Å². The van der Waals surface area contributed by atoms with E-state index < -0.39 is 23.5 Å². The molecule has 53 heavy (non-hydrogen) atoms. The normalized spacial score (nSPS) is 11.5. The van der Waals surface area contributed by atoms with Crippen molar-refractivity contribution in [1.82, 2.24) is 9.97 Å². The smallest absolute Gasteiger partial charge is 0.588 e. The topological polar surface area (TPSA) is 79.8 Å². The molecular weight excluding hydrogens is 692 g/mol. The van der Waals surface area contributed by atoms with Crippen molar-refractivity contribution >= 4 is 61.2 Å². The fourth-order valence-electron chi connectivity index (χ4n) is 6.61. The fraction of sp³-hybridized carbons (Fsp3) is 0. The molecule has 0 bridgehead atoms. The van der Waals surface area contributed by atoms with E-state index in [0.29, 0.717) is 45.6 Å². The minimum atomic E-state index is -3.31. The summed E-state index contributed by atoms with van der Waals surface area (Å²) in [4.78, 5) is 9.60. The number of aromatic nitrogens is 2. The Morgan fingerprint density at radius 2 is 0.755 bits per heavy atom. The zero-order chi connectivity index (χ0) is 35.5. The molecule has 7 aromatic carbocycles. The molecule has 0 amide bonds. The van der Waals surface area contributed by atoms with Crippen molar-refractivity contribution in [3.8, 4) is 34.4 Å². The SMILES string of the molecule is c1ccc([Si]([O][Al]([O]c2ccccc2-c2nc3ccccc3o2)[O]c2ccccc2-c2nc3ccccc3o2)(c2ccccc2)c2ccccc2)cc1. The van der Waals surface area contributed by atoms with Gasteiger partial charge in [-0.15, -0.1) is 0 Å². The van der Waals surface area contributed by atoms with Gasteiger partial charge in [0, 0.05) is 0 Å². The minimum Gasteiger partial charge on any atom is -0.588 e. The molecule has 0 aliphatic rings. The average Bonchev–Trinajstić information content (AvgIpc) is 3.86. The Morgan fingerprint density at radius 1 is 0.396 bits per heavy atom. The second-order valence-electron chi connectivity index (χ2n) is 12.4. The quantitative estimate of drug-likeness (QED) is 0.0980. The molecule has 9 heteroatoms. The Bertz CT molecular complexity index is 2350. The van der Waals surface area contributed by atoms with Crippen LogP contribution in [0.5, 0.6) is 11.5 Å². The number of benzene rings is 7. The van der Waals surface area contributed by atoms with E-state index in [1.807, 2.05) is 115 Å². The van der Waals surface area contributed by atoms with E-state index in [0.717, 1.165) is 26.6 Å². The van der Waals surface area contributed by atoms with Crippen LogP contribution in [-0.4, -0.2) is 33.4 Å². The highest BCUT2D eigenvalue weighted by Gasteiger charge is 2.53. The number of rotatable bonds is 11. The molecule has 0 radical (unpaired) electrons. The molecule has 0 fully saturated rings. The van der Waals surface area contributed by atoms with Crippen molar-refractivity contribution < 1.29 is 19.9 Å². The second-order valence-corrected chi connectivity index (χ2v) is 17.5. The predicted molar refractivity (Wildman–Crippen MR) is 211 cm³/mol. The maximum Gasteiger partial charge on any atom is 1.09 e. The van der Waals surface area contributed by atoms with Crippen LogP contribution in [-0.2, 0) is 3.48 Å². The van der Waals surface area contributed by atoms with Crippen molar-refractivity contribution in [2.45, 2.75) is 0 Å². The molecule has 9 rings (SSSR count). The van der Waals surface area contributed by atoms with Gasteiger partial charge in [0.15, 0.2) is 11.2 Å². The van der Waals surface area contributed by atoms with E-state index in [1.165, 1.54) is 0 Å². The van der Waals surface area contributed by atoms with Crippen LogP contribution in [0.3, 0.4) is 0 Å². The standard InChI is InChI=1S/C18H15OSi.2C13H9NO2.Al/c19-20(16-10-4-1-5-11-16,17-12-6-2-7-13-17)18-14-8-3-9-15-18;2*15-11-7-3-1-5-9(11)13-14-10-6-2-4-8-12(10)16-13;/h1-15H;2*1-8,15H;/q-1;;;+3/p-2. The van der Waals surface area contributed by atoms with Gasteiger partial charge in [0.2, 0.25) is 11.8 Å². The molecule has 7 nitrogen and oxygen atoms in total. The zero-order valence-electron chi connectivity index (χ0n) is 28.4. The van der Waals surface area contributed by atoms with Crippen LogP contribution in [0.25, 0.3) is 45.1 Å². The maximum atomic E-state index is 7.64. The highest BCUT2D eigenvalue weighted by molar-refractivity contribution is 7.09. The van der Waals surface area contributed by atoms with Crippen LogP contribution in [0.1, 0.15) is 0 Å². The van der Waals surface area contributed by atoms with Gasteiger partial charge >= 0.3 is 15.1 Å². The summed E-state index contributed by atoms with van der Waals surface area (Å²) in [5, 5.41) is 3.17. The summed E-state index contributed by atoms with van der Waals surface area (Å²) in [5.41, 5.74) is 4.27. The lowest BCUT2D eigenvalue weighted by Crippen LogP contribution is -2.72. The molecule has 0 N–H and O–H groups in total. The molecule has 0 saturated heterocycles. The molecule has 0 atom stereocenters. The summed E-state index contributed by atoms with van der Waals surface area (Å²) >= 11 is -3.27. The van der Waals surface area contributed by atoms with Gasteiger partial charge < -0.3 is 19.9 Å². The van der Waals surface area contributed by atoms with E-state index in [-0.39, 0.29) is 0 Å². The zero-order valence-corrected chi connectivity index (χ0v) is 30.6. The van der Waals surface area contributed by atoms with Gasteiger partial charge in [0.05, 0.1) is 22.6 Å². The van der Waals surface area contributed by atoms with Gasteiger partial charge in [0.1, 0.15) is 11.0 Å². The van der Waals surface area contributed by atoms with Gasteiger partial charge in [-0.05, 0) is 64.1 Å². The lowest BCUT2D eigenvalue weighted by Gasteiger charge is -2.35. The maximum absolute atomic E-state index is 7.64. The Kier molecular flexibility index (Phi) is 8.90. The van der Waals surface area contributed by atoms with Crippen LogP contribution in [0, 0.1) is 0 Å². The number of hydrogen-bond acceptors (Lipinski definition) is 7. The van der Waals surface area contributed by atoms with E-state index in [4.69, 9.17) is 29.9 Å². The van der Waals surface area contributed by atoms with E-state index in [9.17, 15) is 0 Å².